The van der Waals surface area contributed by atoms with E-state index in [2.05, 4.69) is 5.32 Å². The van der Waals surface area contributed by atoms with Crippen LogP contribution in [0.1, 0.15) is 23.7 Å². The monoisotopic (exact) mass is 236 g/mol. The molecule has 1 fully saturated rings. The van der Waals surface area contributed by atoms with Gasteiger partial charge >= 0.3 is 5.69 Å². The SMILES string of the molecule is CC1CC1NC(=O)c1cccc([N+](=O)[O-])c1O. The van der Waals surface area contributed by atoms with E-state index in [1.807, 2.05) is 6.92 Å². The molecule has 6 nitrogen and oxygen atoms in total. The maximum atomic E-state index is 11.7. The number of hydrogen-bond donors (Lipinski definition) is 2. The molecule has 2 N–H and O–H groups in total. The van der Waals surface area contributed by atoms with Crippen molar-refractivity contribution in [3.8, 4) is 5.75 Å². The number of carbonyl (C=O) groups is 1. The number of amides is 1. The minimum absolute atomic E-state index is 0.0571. The maximum Gasteiger partial charge on any atom is 0.311 e. The summed E-state index contributed by atoms with van der Waals surface area (Å²) in [7, 11) is 0. The van der Waals surface area contributed by atoms with Crippen LogP contribution >= 0.6 is 0 Å². The van der Waals surface area contributed by atoms with Crippen molar-refractivity contribution >= 4 is 11.6 Å². The molecule has 0 heterocycles. The van der Waals surface area contributed by atoms with Crippen LogP contribution in [0.25, 0.3) is 0 Å². The van der Waals surface area contributed by atoms with Gasteiger partial charge in [0.1, 0.15) is 0 Å². The molecular weight excluding hydrogens is 224 g/mol. The van der Waals surface area contributed by atoms with Crippen LogP contribution in [-0.2, 0) is 0 Å². The Hall–Kier alpha value is -2.11. The second-order valence-corrected chi connectivity index (χ2v) is 4.22. The van der Waals surface area contributed by atoms with Crippen LogP contribution in [0.2, 0.25) is 0 Å². The second-order valence-electron chi connectivity index (χ2n) is 4.22. The summed E-state index contributed by atoms with van der Waals surface area (Å²) in [5, 5.41) is 22.9. The fourth-order valence-corrected chi connectivity index (χ4v) is 1.63. The number of phenolic OH excluding ortho intramolecular Hbond substituents is 1. The average molecular weight is 236 g/mol. The number of nitrogens with one attached hydrogen (secondary N) is 1. The third kappa shape index (κ3) is 2.20. The van der Waals surface area contributed by atoms with E-state index < -0.39 is 22.3 Å². The van der Waals surface area contributed by atoms with Gasteiger partial charge in [0.25, 0.3) is 5.91 Å². The van der Waals surface area contributed by atoms with Crippen molar-refractivity contribution in [2.75, 3.05) is 0 Å². The number of hydrogen-bond acceptors (Lipinski definition) is 4. The zero-order valence-corrected chi connectivity index (χ0v) is 9.21. The lowest BCUT2D eigenvalue weighted by Crippen LogP contribution is -2.26. The summed E-state index contributed by atoms with van der Waals surface area (Å²) >= 11 is 0. The van der Waals surface area contributed by atoms with Crippen LogP contribution in [-0.4, -0.2) is 22.0 Å². The Morgan fingerprint density at radius 2 is 2.24 bits per heavy atom. The summed E-state index contributed by atoms with van der Waals surface area (Å²) in [4.78, 5) is 21.6. The Kier molecular flexibility index (Phi) is 2.71. The molecular formula is C11H12N2O4. The fraction of sp³-hybridized carbons (Fsp3) is 0.364. The number of carbonyl (C=O) groups excluding carboxylic acids is 1. The molecule has 2 rings (SSSR count). The zero-order chi connectivity index (χ0) is 12.6. The number of benzene rings is 1. The molecule has 0 bridgehead atoms. The Labute approximate surface area is 97.4 Å². The molecule has 1 aliphatic rings. The number of nitrogens with zero attached hydrogens (tertiary/aromatic N) is 1. The van der Waals surface area contributed by atoms with Crippen molar-refractivity contribution in [3.63, 3.8) is 0 Å². The highest BCUT2D eigenvalue weighted by Gasteiger charge is 2.35. The Morgan fingerprint density at radius 1 is 1.59 bits per heavy atom. The summed E-state index contributed by atoms with van der Waals surface area (Å²) in [5.41, 5.74) is -0.514. The van der Waals surface area contributed by atoms with E-state index >= 15 is 0 Å². The highest BCUT2D eigenvalue weighted by molar-refractivity contribution is 5.98. The van der Waals surface area contributed by atoms with Gasteiger partial charge in [-0.25, -0.2) is 0 Å². The smallest absolute Gasteiger partial charge is 0.311 e. The normalized spacial score (nSPS) is 21.9. The predicted molar refractivity (Wildman–Crippen MR) is 59.8 cm³/mol. The van der Waals surface area contributed by atoms with Gasteiger partial charge < -0.3 is 10.4 Å². The molecule has 2 atom stereocenters. The lowest BCUT2D eigenvalue weighted by molar-refractivity contribution is -0.385. The molecule has 0 aliphatic heterocycles. The number of aromatic hydroxyl groups is 1. The van der Waals surface area contributed by atoms with Crippen molar-refractivity contribution in [2.24, 2.45) is 5.92 Å². The molecule has 1 amide bonds. The summed E-state index contributed by atoms with van der Waals surface area (Å²) in [6, 6.07) is 4.01. The van der Waals surface area contributed by atoms with E-state index in [0.29, 0.717) is 5.92 Å². The van der Waals surface area contributed by atoms with E-state index in [1.165, 1.54) is 12.1 Å². The van der Waals surface area contributed by atoms with Crippen LogP contribution in [0.4, 0.5) is 5.69 Å². The Morgan fingerprint density at radius 3 is 2.76 bits per heavy atom. The van der Waals surface area contributed by atoms with E-state index in [1.54, 1.807) is 0 Å². The van der Waals surface area contributed by atoms with E-state index in [4.69, 9.17) is 0 Å². The number of nitro benzene ring substituents is 1. The molecule has 17 heavy (non-hydrogen) atoms. The van der Waals surface area contributed by atoms with Gasteiger partial charge in [-0.1, -0.05) is 13.0 Å². The second kappa shape index (κ2) is 4.04. The van der Waals surface area contributed by atoms with Gasteiger partial charge in [-0.05, 0) is 18.4 Å². The molecule has 1 aromatic carbocycles. The van der Waals surface area contributed by atoms with Crippen molar-refractivity contribution in [2.45, 2.75) is 19.4 Å². The van der Waals surface area contributed by atoms with Crippen molar-refractivity contribution < 1.29 is 14.8 Å². The van der Waals surface area contributed by atoms with Gasteiger partial charge in [-0.15, -0.1) is 0 Å². The topological polar surface area (TPSA) is 92.5 Å². The van der Waals surface area contributed by atoms with Crippen LogP contribution < -0.4 is 5.32 Å². The van der Waals surface area contributed by atoms with Crippen LogP contribution in [0.5, 0.6) is 5.75 Å². The van der Waals surface area contributed by atoms with Crippen molar-refractivity contribution in [3.05, 3.63) is 33.9 Å². The van der Waals surface area contributed by atoms with E-state index in [9.17, 15) is 20.0 Å². The molecule has 1 aromatic rings. The summed E-state index contributed by atoms with van der Waals surface area (Å²) < 4.78 is 0. The first kappa shape index (κ1) is 11.4. The van der Waals surface area contributed by atoms with Crippen LogP contribution in [0.15, 0.2) is 18.2 Å². The lowest BCUT2D eigenvalue weighted by atomic mass is 10.1. The van der Waals surface area contributed by atoms with Gasteiger partial charge in [0.2, 0.25) is 5.75 Å². The number of rotatable bonds is 3. The molecule has 0 aromatic heterocycles. The average Bonchev–Trinajstić information content (AvgIpc) is 2.93. The van der Waals surface area contributed by atoms with Gasteiger partial charge in [-0.2, -0.15) is 0 Å². The van der Waals surface area contributed by atoms with Gasteiger partial charge in [0.05, 0.1) is 10.5 Å². The standard InChI is InChI=1S/C11H12N2O4/c1-6-5-8(6)12-11(15)7-3-2-4-9(10(7)14)13(16)17/h2-4,6,8,14H,5H2,1H3,(H,12,15). The third-order valence-corrected chi connectivity index (χ3v) is 2.88. The van der Waals surface area contributed by atoms with Gasteiger partial charge in [0.15, 0.2) is 0 Å². The van der Waals surface area contributed by atoms with E-state index in [-0.39, 0.29) is 11.6 Å². The third-order valence-electron chi connectivity index (χ3n) is 2.88. The number of para-hydroxylation sites is 1. The van der Waals surface area contributed by atoms with Crippen LogP contribution in [0.3, 0.4) is 0 Å². The predicted octanol–water partition coefficient (Wildman–Crippen LogP) is 1.44. The minimum Gasteiger partial charge on any atom is -0.502 e. The summed E-state index contributed by atoms with van der Waals surface area (Å²) in [6.07, 6.45) is 0.904. The van der Waals surface area contributed by atoms with Crippen molar-refractivity contribution in [1.82, 2.24) is 5.32 Å². The first-order valence-corrected chi connectivity index (χ1v) is 5.28. The zero-order valence-electron chi connectivity index (χ0n) is 9.21. The van der Waals surface area contributed by atoms with E-state index in [0.717, 1.165) is 12.5 Å². The Balaban J connectivity index is 2.23. The molecule has 0 spiro atoms. The largest absolute Gasteiger partial charge is 0.502 e. The molecule has 0 radical (unpaired) electrons. The highest BCUT2D eigenvalue weighted by atomic mass is 16.6. The van der Waals surface area contributed by atoms with Gasteiger partial charge in [0, 0.05) is 12.1 Å². The Bertz CT molecular complexity index is 486. The van der Waals surface area contributed by atoms with Gasteiger partial charge in [-0.3, -0.25) is 14.9 Å². The number of phenols is 1. The molecule has 0 saturated heterocycles. The fourth-order valence-electron chi connectivity index (χ4n) is 1.63. The summed E-state index contributed by atoms with van der Waals surface area (Å²) in [5.74, 6) is -0.622. The van der Waals surface area contributed by atoms with Crippen LogP contribution in [0, 0.1) is 16.0 Å². The molecule has 2 unspecified atom stereocenters. The first-order valence-electron chi connectivity index (χ1n) is 5.28. The highest BCUT2D eigenvalue weighted by Crippen LogP contribution is 2.32. The molecule has 1 aliphatic carbocycles. The quantitative estimate of drug-likeness (QED) is 0.613. The number of nitro groups is 1. The maximum absolute atomic E-state index is 11.7. The first-order chi connectivity index (χ1) is 8.00. The molecule has 6 heteroatoms. The molecule has 1 saturated carbocycles. The lowest BCUT2D eigenvalue weighted by Gasteiger charge is -2.05. The van der Waals surface area contributed by atoms with Crippen molar-refractivity contribution in [1.29, 1.82) is 0 Å². The molecule has 90 valence electrons. The summed E-state index contributed by atoms with van der Waals surface area (Å²) in [6.45, 7) is 2.00. The minimum atomic E-state index is -0.716.